The van der Waals surface area contributed by atoms with E-state index in [1.807, 2.05) is 22.8 Å². The minimum atomic E-state index is 0.0111. The van der Waals surface area contributed by atoms with Gasteiger partial charge in [0.15, 0.2) is 0 Å². The zero-order valence-corrected chi connectivity index (χ0v) is 15.0. The molecule has 3 nitrogen and oxygen atoms in total. The molecule has 0 radical (unpaired) electrons. The standard InChI is InChI=1S/C15H17BrN2OS2/c1-10(7-17-15(19)12-6-14(16)21-9-12)18-4-2-13-11(8-18)3-5-20-13/h3,5-6,9-10H,2,4,7-8H2,1H3,(H,17,19)/t10-/m1/s1. The van der Waals surface area contributed by atoms with E-state index in [0.29, 0.717) is 12.6 Å². The number of hydrogen-bond donors (Lipinski definition) is 1. The molecular formula is C15H17BrN2OS2. The van der Waals surface area contributed by atoms with Gasteiger partial charge in [-0.05, 0) is 52.4 Å². The summed E-state index contributed by atoms with van der Waals surface area (Å²) in [5, 5.41) is 7.09. The molecule has 3 heterocycles. The van der Waals surface area contributed by atoms with Crippen molar-refractivity contribution in [1.82, 2.24) is 10.2 Å². The highest BCUT2D eigenvalue weighted by molar-refractivity contribution is 9.11. The molecule has 0 fully saturated rings. The maximum atomic E-state index is 12.1. The van der Waals surface area contributed by atoms with Crippen LogP contribution in [0.2, 0.25) is 0 Å². The van der Waals surface area contributed by atoms with Crippen LogP contribution in [0.3, 0.4) is 0 Å². The van der Waals surface area contributed by atoms with Crippen LogP contribution in [-0.2, 0) is 13.0 Å². The number of halogens is 1. The number of hydrogen-bond acceptors (Lipinski definition) is 4. The van der Waals surface area contributed by atoms with E-state index in [2.05, 4.69) is 44.5 Å². The van der Waals surface area contributed by atoms with Crippen LogP contribution in [0.25, 0.3) is 0 Å². The zero-order valence-electron chi connectivity index (χ0n) is 11.8. The summed E-state index contributed by atoms with van der Waals surface area (Å²) in [6, 6.07) is 4.44. The highest BCUT2D eigenvalue weighted by atomic mass is 79.9. The number of fused-ring (bicyclic) bond motifs is 1. The second-order valence-electron chi connectivity index (χ2n) is 5.29. The lowest BCUT2D eigenvalue weighted by Crippen LogP contribution is -2.44. The molecule has 1 N–H and O–H groups in total. The van der Waals surface area contributed by atoms with Crippen molar-refractivity contribution in [2.24, 2.45) is 0 Å². The summed E-state index contributed by atoms with van der Waals surface area (Å²) in [5.74, 6) is 0.0111. The lowest BCUT2D eigenvalue weighted by molar-refractivity contribution is 0.0933. The van der Waals surface area contributed by atoms with Crippen molar-refractivity contribution in [3.63, 3.8) is 0 Å². The molecule has 0 aliphatic carbocycles. The predicted octanol–water partition coefficient (Wildman–Crippen LogP) is 3.75. The number of thiophene rings is 2. The van der Waals surface area contributed by atoms with Crippen molar-refractivity contribution >= 4 is 44.5 Å². The Morgan fingerprint density at radius 3 is 3.14 bits per heavy atom. The Kier molecular flexibility index (Phi) is 4.78. The van der Waals surface area contributed by atoms with Crippen molar-refractivity contribution in [3.05, 3.63) is 42.7 Å². The van der Waals surface area contributed by atoms with Crippen LogP contribution in [-0.4, -0.2) is 29.9 Å². The molecule has 2 aromatic rings. The molecule has 0 saturated heterocycles. The Morgan fingerprint density at radius 1 is 1.52 bits per heavy atom. The van der Waals surface area contributed by atoms with E-state index in [0.717, 1.165) is 28.9 Å². The molecule has 3 rings (SSSR count). The first kappa shape index (κ1) is 15.2. The Morgan fingerprint density at radius 2 is 2.38 bits per heavy atom. The third-order valence-electron chi connectivity index (χ3n) is 3.85. The lowest BCUT2D eigenvalue weighted by atomic mass is 10.1. The summed E-state index contributed by atoms with van der Waals surface area (Å²) in [6.45, 7) is 4.95. The fourth-order valence-corrected chi connectivity index (χ4v) is 4.57. The van der Waals surface area contributed by atoms with Gasteiger partial charge in [0.25, 0.3) is 5.91 Å². The van der Waals surface area contributed by atoms with Crippen molar-refractivity contribution in [3.8, 4) is 0 Å². The van der Waals surface area contributed by atoms with Gasteiger partial charge in [0.2, 0.25) is 0 Å². The summed E-state index contributed by atoms with van der Waals surface area (Å²) < 4.78 is 0.988. The summed E-state index contributed by atoms with van der Waals surface area (Å²) in [5.41, 5.74) is 2.18. The van der Waals surface area contributed by atoms with Crippen molar-refractivity contribution < 1.29 is 4.79 Å². The van der Waals surface area contributed by atoms with Gasteiger partial charge in [-0.2, -0.15) is 0 Å². The van der Waals surface area contributed by atoms with Crippen molar-refractivity contribution in [1.29, 1.82) is 0 Å². The Labute approximate surface area is 141 Å². The topological polar surface area (TPSA) is 32.3 Å². The van der Waals surface area contributed by atoms with E-state index < -0.39 is 0 Å². The fraction of sp³-hybridized carbons (Fsp3) is 0.400. The maximum absolute atomic E-state index is 12.1. The van der Waals surface area contributed by atoms with Crippen LogP contribution < -0.4 is 5.32 Å². The number of nitrogens with one attached hydrogen (secondary N) is 1. The van der Waals surface area contributed by atoms with Crippen LogP contribution in [0.5, 0.6) is 0 Å². The van der Waals surface area contributed by atoms with E-state index in [9.17, 15) is 4.79 Å². The minimum Gasteiger partial charge on any atom is -0.350 e. The number of rotatable bonds is 4. The predicted molar refractivity (Wildman–Crippen MR) is 92.2 cm³/mol. The Bertz CT molecular complexity index is 637. The van der Waals surface area contributed by atoms with E-state index in [4.69, 9.17) is 0 Å². The Balaban J connectivity index is 1.53. The maximum Gasteiger partial charge on any atom is 0.252 e. The lowest BCUT2D eigenvalue weighted by Gasteiger charge is -2.32. The first-order valence-electron chi connectivity index (χ1n) is 6.95. The van der Waals surface area contributed by atoms with E-state index >= 15 is 0 Å². The number of nitrogens with zero attached hydrogens (tertiary/aromatic N) is 1. The van der Waals surface area contributed by atoms with Crippen LogP contribution >= 0.6 is 38.6 Å². The molecule has 0 unspecified atom stereocenters. The van der Waals surface area contributed by atoms with Gasteiger partial charge in [0.1, 0.15) is 0 Å². The normalized spacial score (nSPS) is 16.5. The quantitative estimate of drug-likeness (QED) is 0.870. The van der Waals surface area contributed by atoms with Crippen LogP contribution in [0, 0.1) is 0 Å². The van der Waals surface area contributed by atoms with E-state index in [1.54, 1.807) is 0 Å². The van der Waals surface area contributed by atoms with Gasteiger partial charge in [-0.25, -0.2) is 0 Å². The molecular weight excluding hydrogens is 368 g/mol. The van der Waals surface area contributed by atoms with Gasteiger partial charge < -0.3 is 5.32 Å². The van der Waals surface area contributed by atoms with E-state index in [1.165, 1.54) is 21.8 Å². The summed E-state index contributed by atoms with van der Waals surface area (Å²) >= 11 is 6.78. The highest BCUT2D eigenvalue weighted by Gasteiger charge is 2.21. The fourth-order valence-electron chi connectivity index (χ4n) is 2.55. The first-order chi connectivity index (χ1) is 10.1. The van der Waals surface area contributed by atoms with Crippen LogP contribution in [0.15, 0.2) is 26.7 Å². The summed E-state index contributed by atoms with van der Waals surface area (Å²) in [7, 11) is 0. The van der Waals surface area contributed by atoms with Crippen molar-refractivity contribution in [2.75, 3.05) is 13.1 Å². The van der Waals surface area contributed by atoms with Crippen LogP contribution in [0.4, 0.5) is 0 Å². The van der Waals surface area contributed by atoms with Gasteiger partial charge in [-0.1, -0.05) is 0 Å². The SMILES string of the molecule is C[C@H](CNC(=O)c1csc(Br)c1)N1CCc2sccc2C1. The second-order valence-corrected chi connectivity index (χ2v) is 8.58. The molecule has 0 spiro atoms. The third kappa shape index (κ3) is 3.56. The molecule has 0 bridgehead atoms. The molecule has 2 aromatic heterocycles. The molecule has 0 aromatic carbocycles. The molecule has 1 atom stereocenters. The highest BCUT2D eigenvalue weighted by Crippen LogP contribution is 2.25. The van der Waals surface area contributed by atoms with Gasteiger partial charge in [-0.3, -0.25) is 9.69 Å². The average Bonchev–Trinajstić information content (AvgIpc) is 3.12. The van der Waals surface area contributed by atoms with Crippen LogP contribution in [0.1, 0.15) is 27.7 Å². The molecule has 21 heavy (non-hydrogen) atoms. The third-order valence-corrected chi connectivity index (χ3v) is 6.38. The first-order valence-corrected chi connectivity index (χ1v) is 9.50. The van der Waals surface area contributed by atoms with Crippen molar-refractivity contribution in [2.45, 2.75) is 25.9 Å². The molecule has 1 aliphatic rings. The molecule has 112 valence electrons. The number of carbonyl (C=O) groups excluding carboxylic acids is 1. The zero-order chi connectivity index (χ0) is 14.8. The monoisotopic (exact) mass is 384 g/mol. The molecule has 1 aliphatic heterocycles. The average molecular weight is 385 g/mol. The molecule has 0 saturated carbocycles. The number of carbonyl (C=O) groups is 1. The minimum absolute atomic E-state index is 0.0111. The second kappa shape index (κ2) is 6.60. The van der Waals surface area contributed by atoms with Gasteiger partial charge in [0, 0.05) is 35.9 Å². The largest absolute Gasteiger partial charge is 0.350 e. The Hall–Kier alpha value is -0.690. The van der Waals surface area contributed by atoms with Gasteiger partial charge >= 0.3 is 0 Å². The summed E-state index contributed by atoms with van der Waals surface area (Å²) in [4.78, 5) is 16.0. The van der Waals surface area contributed by atoms with Gasteiger partial charge in [-0.15, -0.1) is 22.7 Å². The smallest absolute Gasteiger partial charge is 0.252 e. The van der Waals surface area contributed by atoms with E-state index in [-0.39, 0.29) is 5.91 Å². The number of amides is 1. The molecule has 6 heteroatoms. The van der Waals surface area contributed by atoms with Gasteiger partial charge in [0.05, 0.1) is 9.35 Å². The summed E-state index contributed by atoms with van der Waals surface area (Å²) in [6.07, 6.45) is 1.13. The molecule has 1 amide bonds.